The molecule has 0 aliphatic carbocycles. The molecule has 3 rings (SSSR count). The van der Waals surface area contributed by atoms with Crippen LogP contribution in [0.2, 0.25) is 0 Å². The van der Waals surface area contributed by atoms with Crippen molar-refractivity contribution in [2.75, 3.05) is 0 Å². The van der Waals surface area contributed by atoms with E-state index in [0.29, 0.717) is 0 Å². The molecular formula is C31H46N2O6S2. The van der Waals surface area contributed by atoms with E-state index in [-0.39, 0.29) is 17.6 Å². The van der Waals surface area contributed by atoms with Crippen molar-refractivity contribution in [2.45, 2.75) is 126 Å². The summed E-state index contributed by atoms with van der Waals surface area (Å²) in [4.78, 5) is 3.36. The molecule has 1 aromatic heterocycles. The molecule has 1 heterocycles. The molecule has 0 bridgehead atoms. The van der Waals surface area contributed by atoms with E-state index in [1.165, 1.54) is 107 Å². The lowest BCUT2D eigenvalue weighted by atomic mass is 10.0. The van der Waals surface area contributed by atoms with E-state index in [4.69, 9.17) is 0 Å². The van der Waals surface area contributed by atoms with Crippen molar-refractivity contribution in [3.05, 3.63) is 53.6 Å². The van der Waals surface area contributed by atoms with Crippen LogP contribution in [0.3, 0.4) is 0 Å². The first-order chi connectivity index (χ1) is 19.6. The summed E-state index contributed by atoms with van der Waals surface area (Å²) in [6.45, 7) is 2.32. The standard InChI is InChI=1S/C31H46N2O6S2/c1-2-3-4-5-6-7-8-9-10-11-12-13-14-15-16-19-26-20-17-21-27(24-26)25-33-28-22-18-23-29(40(34,35)36)30(28)32-31(33)41(37,38)39/h17-18,20-24H,2-16,19,25H2,1H3,(H,34,35,36)(H,37,38,39). The number of rotatable bonds is 20. The van der Waals surface area contributed by atoms with E-state index in [9.17, 15) is 25.9 Å². The maximum Gasteiger partial charge on any atom is 0.328 e. The molecule has 0 saturated carbocycles. The summed E-state index contributed by atoms with van der Waals surface area (Å²) >= 11 is 0. The van der Waals surface area contributed by atoms with E-state index in [1.54, 1.807) is 0 Å². The zero-order valence-corrected chi connectivity index (χ0v) is 25.9. The highest BCUT2D eigenvalue weighted by Crippen LogP contribution is 2.27. The first-order valence-corrected chi connectivity index (χ1v) is 18.0. The van der Waals surface area contributed by atoms with Crippen molar-refractivity contribution >= 4 is 31.3 Å². The fourth-order valence-corrected chi connectivity index (χ4v) is 6.72. The third-order valence-corrected chi connectivity index (χ3v) is 9.27. The van der Waals surface area contributed by atoms with Crippen molar-refractivity contribution in [3.8, 4) is 0 Å². The molecule has 10 heteroatoms. The molecule has 228 valence electrons. The number of benzene rings is 2. The molecule has 2 N–H and O–H groups in total. The normalized spacial score (nSPS) is 12.4. The van der Waals surface area contributed by atoms with Crippen LogP contribution in [-0.2, 0) is 33.2 Å². The largest absolute Gasteiger partial charge is 0.328 e. The summed E-state index contributed by atoms with van der Waals surface area (Å²) in [5, 5.41) is -0.670. The number of fused-ring (bicyclic) bond motifs is 1. The first kappa shape index (κ1) is 33.2. The molecule has 0 amide bonds. The molecule has 0 fully saturated rings. The van der Waals surface area contributed by atoms with Gasteiger partial charge in [-0.1, -0.05) is 127 Å². The van der Waals surface area contributed by atoms with Crippen LogP contribution in [0.25, 0.3) is 11.0 Å². The predicted molar refractivity (Wildman–Crippen MR) is 164 cm³/mol. The number of hydrogen-bond donors (Lipinski definition) is 2. The number of imidazole rings is 1. The lowest BCUT2D eigenvalue weighted by molar-refractivity contribution is 0.466. The van der Waals surface area contributed by atoms with Crippen LogP contribution in [0.4, 0.5) is 0 Å². The summed E-state index contributed by atoms with van der Waals surface area (Å²) in [6.07, 6.45) is 20.7. The Bertz CT molecular complexity index is 1450. The molecule has 41 heavy (non-hydrogen) atoms. The fraction of sp³-hybridized carbons (Fsp3) is 0.581. The van der Waals surface area contributed by atoms with Gasteiger partial charge in [0.2, 0.25) is 0 Å². The van der Waals surface area contributed by atoms with Crippen LogP contribution in [0, 0.1) is 0 Å². The quantitative estimate of drug-likeness (QED) is 0.0985. The van der Waals surface area contributed by atoms with Crippen molar-refractivity contribution in [1.82, 2.24) is 9.55 Å². The van der Waals surface area contributed by atoms with Crippen LogP contribution in [0.1, 0.15) is 114 Å². The lowest BCUT2D eigenvalue weighted by Crippen LogP contribution is -2.11. The van der Waals surface area contributed by atoms with Crippen LogP contribution in [-0.4, -0.2) is 35.5 Å². The molecule has 0 saturated heterocycles. The van der Waals surface area contributed by atoms with Gasteiger partial charge in [0, 0.05) is 0 Å². The van der Waals surface area contributed by atoms with E-state index in [0.717, 1.165) is 30.0 Å². The van der Waals surface area contributed by atoms with Crippen molar-refractivity contribution in [1.29, 1.82) is 0 Å². The maximum atomic E-state index is 12.1. The molecule has 0 spiro atoms. The molecule has 8 nitrogen and oxygen atoms in total. The van der Waals surface area contributed by atoms with E-state index >= 15 is 0 Å². The number of aryl methyl sites for hydroxylation is 1. The van der Waals surface area contributed by atoms with Gasteiger partial charge in [-0.3, -0.25) is 9.11 Å². The number of aromatic nitrogens is 2. The zero-order valence-electron chi connectivity index (χ0n) is 24.3. The van der Waals surface area contributed by atoms with Gasteiger partial charge in [0.25, 0.3) is 15.3 Å². The van der Waals surface area contributed by atoms with Crippen LogP contribution in [0.5, 0.6) is 0 Å². The fourth-order valence-electron chi connectivity index (χ4n) is 5.42. The van der Waals surface area contributed by atoms with Gasteiger partial charge in [0.05, 0.1) is 12.1 Å². The average molecular weight is 607 g/mol. The van der Waals surface area contributed by atoms with Gasteiger partial charge < -0.3 is 4.57 Å². The summed E-state index contributed by atoms with van der Waals surface area (Å²) < 4.78 is 68.3. The Morgan fingerprint density at radius 1 is 0.659 bits per heavy atom. The van der Waals surface area contributed by atoms with E-state index in [1.807, 2.05) is 24.3 Å². The van der Waals surface area contributed by atoms with Crippen LogP contribution >= 0.6 is 0 Å². The van der Waals surface area contributed by atoms with Crippen molar-refractivity contribution < 1.29 is 25.9 Å². The van der Waals surface area contributed by atoms with Gasteiger partial charge in [-0.05, 0) is 36.1 Å². The number of para-hydroxylation sites is 1. The molecule has 2 aromatic carbocycles. The number of unbranched alkanes of at least 4 members (excludes halogenated alkanes) is 14. The van der Waals surface area contributed by atoms with Gasteiger partial charge in [-0.15, -0.1) is 0 Å². The second-order valence-corrected chi connectivity index (χ2v) is 13.8. The minimum atomic E-state index is -4.75. The smallest absolute Gasteiger partial charge is 0.308 e. The summed E-state index contributed by atoms with van der Waals surface area (Å²) in [6, 6.07) is 11.8. The Labute approximate surface area is 246 Å². The molecule has 3 aromatic rings. The lowest BCUT2D eigenvalue weighted by Gasteiger charge is -2.10. The third kappa shape index (κ3) is 10.8. The molecule has 0 aliphatic rings. The van der Waals surface area contributed by atoms with Crippen molar-refractivity contribution in [2.24, 2.45) is 0 Å². The summed E-state index contributed by atoms with van der Waals surface area (Å²) in [5.74, 6) is 0. The molecule has 0 radical (unpaired) electrons. The van der Waals surface area contributed by atoms with Gasteiger partial charge in [-0.25, -0.2) is 4.98 Å². The van der Waals surface area contributed by atoms with Gasteiger partial charge in [-0.2, -0.15) is 16.8 Å². The molecule has 0 unspecified atom stereocenters. The summed E-state index contributed by atoms with van der Waals surface area (Å²) in [5.41, 5.74) is 1.90. The Morgan fingerprint density at radius 2 is 1.17 bits per heavy atom. The highest BCUT2D eigenvalue weighted by atomic mass is 32.2. The van der Waals surface area contributed by atoms with Crippen LogP contribution < -0.4 is 0 Å². The highest BCUT2D eigenvalue weighted by molar-refractivity contribution is 7.86. The molecule has 0 aliphatic heterocycles. The van der Waals surface area contributed by atoms with Crippen LogP contribution in [0.15, 0.2) is 52.5 Å². The van der Waals surface area contributed by atoms with E-state index < -0.39 is 30.3 Å². The predicted octanol–water partition coefficient (Wildman–Crippen LogP) is 7.99. The minimum Gasteiger partial charge on any atom is -0.308 e. The second kappa shape index (κ2) is 16.4. The average Bonchev–Trinajstić information content (AvgIpc) is 3.29. The Morgan fingerprint density at radius 3 is 1.71 bits per heavy atom. The third-order valence-electron chi connectivity index (χ3n) is 7.62. The SMILES string of the molecule is CCCCCCCCCCCCCCCCCc1cccc(Cn2c(S(=O)(=O)O)nc3c(S(=O)(=O)O)cccc32)c1. The second-order valence-electron chi connectivity index (χ2n) is 11.1. The zero-order chi connectivity index (χ0) is 29.7. The Hall–Kier alpha value is -2.27. The molecule has 0 atom stereocenters. The topological polar surface area (TPSA) is 127 Å². The summed E-state index contributed by atoms with van der Waals surface area (Å²) in [7, 11) is -9.39. The van der Waals surface area contributed by atoms with Gasteiger partial charge in [0.1, 0.15) is 10.4 Å². The molecular weight excluding hydrogens is 560 g/mol. The van der Waals surface area contributed by atoms with E-state index in [2.05, 4.69) is 11.9 Å². The minimum absolute atomic E-state index is 0.0627. The Balaban J connectivity index is 1.45. The maximum absolute atomic E-state index is 12.1. The first-order valence-electron chi connectivity index (χ1n) is 15.1. The Kier molecular flexibility index (Phi) is 13.3. The van der Waals surface area contributed by atoms with Gasteiger partial charge in [0.15, 0.2) is 0 Å². The number of nitrogens with zero attached hydrogens (tertiary/aromatic N) is 2. The highest BCUT2D eigenvalue weighted by Gasteiger charge is 2.26. The number of hydrogen-bond acceptors (Lipinski definition) is 5. The monoisotopic (exact) mass is 606 g/mol. The van der Waals surface area contributed by atoms with Crippen molar-refractivity contribution in [3.63, 3.8) is 0 Å². The van der Waals surface area contributed by atoms with Gasteiger partial charge >= 0.3 is 10.1 Å².